The lowest BCUT2D eigenvalue weighted by Gasteiger charge is -2.35. The van der Waals surface area contributed by atoms with Crippen LogP contribution in [0.15, 0.2) is 6.20 Å². The average molecular weight is 518 g/mol. The first kappa shape index (κ1) is 26.2. The molecule has 0 atom stereocenters. The van der Waals surface area contributed by atoms with Gasteiger partial charge in [0.25, 0.3) is 5.91 Å². The van der Waals surface area contributed by atoms with E-state index >= 15 is 0 Å². The SMILES string of the molecule is Cc1c(C(=O)Nc2nc(C3CCC3)c(N3CCN(C)CC3)s2)cnn1C1CCOCC1.Cl.Cl. The average Bonchev–Trinajstić information content (AvgIpc) is 3.32. The highest BCUT2D eigenvalue weighted by Gasteiger charge is 2.30. The molecule has 0 bridgehead atoms. The van der Waals surface area contributed by atoms with Crippen molar-refractivity contribution in [3.05, 3.63) is 23.1 Å². The number of nitrogens with one attached hydrogen (secondary N) is 1. The summed E-state index contributed by atoms with van der Waals surface area (Å²) in [5, 5.41) is 9.57. The fourth-order valence-electron chi connectivity index (χ4n) is 4.67. The number of piperazine rings is 1. The molecular formula is C22H34Cl2N6O2S. The molecule has 1 aliphatic carbocycles. The highest BCUT2D eigenvalue weighted by molar-refractivity contribution is 7.19. The summed E-state index contributed by atoms with van der Waals surface area (Å²) in [5.74, 6) is 0.421. The Hall–Kier alpha value is -1.39. The zero-order valence-electron chi connectivity index (χ0n) is 19.3. The molecule has 0 radical (unpaired) electrons. The van der Waals surface area contributed by atoms with Crippen molar-refractivity contribution in [3.8, 4) is 0 Å². The maximum Gasteiger partial charge on any atom is 0.260 e. The number of aromatic nitrogens is 3. The molecule has 2 saturated heterocycles. The minimum atomic E-state index is -0.116. The Morgan fingerprint density at radius 1 is 1.12 bits per heavy atom. The number of nitrogens with zero attached hydrogens (tertiary/aromatic N) is 5. The van der Waals surface area contributed by atoms with Gasteiger partial charge in [0.2, 0.25) is 0 Å². The van der Waals surface area contributed by atoms with Crippen molar-refractivity contribution in [2.24, 2.45) is 0 Å². The molecule has 5 rings (SSSR count). The molecule has 11 heteroatoms. The van der Waals surface area contributed by atoms with E-state index in [2.05, 4.69) is 27.3 Å². The number of anilines is 2. The van der Waals surface area contributed by atoms with Crippen molar-refractivity contribution in [2.45, 2.75) is 51.0 Å². The van der Waals surface area contributed by atoms with Gasteiger partial charge in [-0.1, -0.05) is 17.8 Å². The van der Waals surface area contributed by atoms with Crippen molar-refractivity contribution < 1.29 is 9.53 Å². The standard InChI is InChI=1S/C22H32N6O2S.2ClH/c1-15-18(14-23-28(15)17-6-12-30-13-7-17)20(29)25-22-24-19(16-4-3-5-16)21(31-22)27-10-8-26(2)9-11-27;;/h14,16-17H,3-13H2,1-2H3,(H,24,25,29);2*1H. The van der Waals surface area contributed by atoms with Crippen LogP contribution in [0.4, 0.5) is 10.1 Å². The smallest absolute Gasteiger partial charge is 0.260 e. The first-order valence-corrected chi connectivity index (χ1v) is 12.3. The number of thiazole rings is 1. The monoisotopic (exact) mass is 516 g/mol. The molecule has 0 aromatic carbocycles. The molecule has 1 amide bonds. The molecule has 33 heavy (non-hydrogen) atoms. The van der Waals surface area contributed by atoms with Gasteiger partial charge in [0.15, 0.2) is 5.13 Å². The van der Waals surface area contributed by atoms with Crippen LogP contribution in [0.25, 0.3) is 0 Å². The minimum absolute atomic E-state index is 0. The van der Waals surface area contributed by atoms with Crippen molar-refractivity contribution in [2.75, 3.05) is 56.7 Å². The van der Waals surface area contributed by atoms with Gasteiger partial charge < -0.3 is 14.5 Å². The van der Waals surface area contributed by atoms with Gasteiger partial charge in [-0.2, -0.15) is 5.10 Å². The molecule has 184 valence electrons. The molecule has 3 aliphatic rings. The van der Waals surface area contributed by atoms with Crippen molar-refractivity contribution in [3.63, 3.8) is 0 Å². The molecule has 0 unspecified atom stereocenters. The quantitative estimate of drug-likeness (QED) is 0.644. The Labute approximate surface area is 211 Å². The van der Waals surface area contributed by atoms with Gasteiger partial charge in [-0.25, -0.2) is 4.98 Å². The molecule has 2 aromatic heterocycles. The van der Waals surface area contributed by atoms with Gasteiger partial charge in [-0.05, 0) is 39.7 Å². The van der Waals surface area contributed by atoms with E-state index in [1.807, 2.05) is 11.6 Å². The molecule has 1 N–H and O–H groups in total. The molecule has 2 aromatic rings. The minimum Gasteiger partial charge on any atom is -0.381 e. The zero-order chi connectivity index (χ0) is 21.4. The topological polar surface area (TPSA) is 75.5 Å². The van der Waals surface area contributed by atoms with Crippen LogP contribution in [0.1, 0.15) is 65.8 Å². The number of carbonyl (C=O) groups is 1. The summed E-state index contributed by atoms with van der Waals surface area (Å²) in [6.45, 7) is 7.65. The highest BCUT2D eigenvalue weighted by atomic mass is 35.5. The Bertz CT molecular complexity index is 933. The number of likely N-dealkylation sites (N-methyl/N-ethyl adjacent to an activating group) is 1. The molecule has 2 aliphatic heterocycles. The van der Waals surface area contributed by atoms with Gasteiger partial charge in [-0.15, -0.1) is 24.8 Å². The third-order valence-corrected chi connectivity index (χ3v) is 8.01. The Balaban J connectivity index is 0.00000153. The highest BCUT2D eigenvalue weighted by Crippen LogP contribution is 2.44. The third-order valence-electron chi connectivity index (χ3n) is 6.96. The lowest BCUT2D eigenvalue weighted by Crippen LogP contribution is -2.44. The fraction of sp³-hybridized carbons (Fsp3) is 0.682. The predicted octanol–water partition coefficient (Wildman–Crippen LogP) is 4.11. The summed E-state index contributed by atoms with van der Waals surface area (Å²) in [4.78, 5) is 22.8. The molecule has 3 fully saturated rings. The lowest BCUT2D eigenvalue weighted by molar-refractivity contribution is 0.0656. The van der Waals surface area contributed by atoms with Gasteiger partial charge in [0.05, 0.1) is 23.5 Å². The van der Waals surface area contributed by atoms with Crippen LogP contribution in [0.5, 0.6) is 0 Å². The summed E-state index contributed by atoms with van der Waals surface area (Å²) in [6.07, 6.45) is 7.26. The third kappa shape index (κ3) is 5.48. The van der Waals surface area contributed by atoms with Gasteiger partial charge >= 0.3 is 0 Å². The molecule has 0 spiro atoms. The second kappa shape index (κ2) is 11.4. The molecular weight excluding hydrogens is 483 g/mol. The summed E-state index contributed by atoms with van der Waals surface area (Å²) >= 11 is 1.63. The molecule has 1 saturated carbocycles. The van der Waals surface area contributed by atoms with E-state index in [1.54, 1.807) is 17.5 Å². The number of hydrogen-bond acceptors (Lipinski definition) is 7. The number of halogens is 2. The van der Waals surface area contributed by atoms with Gasteiger partial charge in [0.1, 0.15) is 5.00 Å². The van der Waals surface area contributed by atoms with Crippen molar-refractivity contribution >= 4 is 52.2 Å². The van der Waals surface area contributed by atoms with Crippen LogP contribution in [0, 0.1) is 6.92 Å². The van der Waals surface area contributed by atoms with Gasteiger partial charge in [-0.3, -0.25) is 14.8 Å². The van der Waals surface area contributed by atoms with E-state index in [0.29, 0.717) is 22.7 Å². The van der Waals surface area contributed by atoms with Crippen molar-refractivity contribution in [1.29, 1.82) is 0 Å². The maximum atomic E-state index is 13.1. The van der Waals surface area contributed by atoms with Crippen molar-refractivity contribution in [1.82, 2.24) is 19.7 Å². The van der Waals surface area contributed by atoms with Crippen LogP contribution in [-0.4, -0.2) is 72.0 Å². The number of hydrogen-bond donors (Lipinski definition) is 1. The largest absolute Gasteiger partial charge is 0.381 e. The Kier molecular flexibility index (Phi) is 9.02. The zero-order valence-corrected chi connectivity index (χ0v) is 21.7. The van der Waals surface area contributed by atoms with E-state index in [9.17, 15) is 4.79 Å². The summed E-state index contributed by atoms with van der Waals surface area (Å²) in [6, 6.07) is 0.309. The van der Waals surface area contributed by atoms with Crippen LogP contribution < -0.4 is 10.2 Å². The number of ether oxygens (including phenoxy) is 1. The second-order valence-electron chi connectivity index (χ2n) is 9.01. The second-order valence-corrected chi connectivity index (χ2v) is 9.99. The van der Waals surface area contributed by atoms with Crippen LogP contribution in [-0.2, 0) is 4.74 Å². The van der Waals surface area contributed by atoms with E-state index in [1.165, 1.54) is 30.0 Å². The summed E-state index contributed by atoms with van der Waals surface area (Å²) in [5.41, 5.74) is 2.73. The predicted molar refractivity (Wildman–Crippen MR) is 137 cm³/mol. The maximum absolute atomic E-state index is 13.1. The number of rotatable bonds is 5. The first-order valence-electron chi connectivity index (χ1n) is 11.5. The Morgan fingerprint density at radius 3 is 2.45 bits per heavy atom. The van der Waals surface area contributed by atoms with E-state index < -0.39 is 0 Å². The summed E-state index contributed by atoms with van der Waals surface area (Å²) in [7, 11) is 2.17. The van der Waals surface area contributed by atoms with E-state index in [4.69, 9.17) is 9.72 Å². The van der Waals surface area contributed by atoms with E-state index in [0.717, 1.165) is 57.9 Å². The molecule has 4 heterocycles. The normalized spacial score (nSPS) is 20.0. The summed E-state index contributed by atoms with van der Waals surface area (Å²) < 4.78 is 7.46. The number of carbonyl (C=O) groups excluding carboxylic acids is 1. The van der Waals surface area contributed by atoms with Crippen LogP contribution in [0.2, 0.25) is 0 Å². The molecule has 8 nitrogen and oxygen atoms in total. The Morgan fingerprint density at radius 2 is 1.82 bits per heavy atom. The van der Waals surface area contributed by atoms with Crippen LogP contribution in [0.3, 0.4) is 0 Å². The fourth-order valence-corrected chi connectivity index (χ4v) is 5.77. The lowest BCUT2D eigenvalue weighted by atomic mass is 9.83. The van der Waals surface area contributed by atoms with Gasteiger partial charge in [0, 0.05) is 51.0 Å². The number of amides is 1. The van der Waals surface area contributed by atoms with E-state index in [-0.39, 0.29) is 30.7 Å². The first-order chi connectivity index (χ1) is 15.1. The van der Waals surface area contributed by atoms with Crippen LogP contribution >= 0.6 is 36.2 Å².